The number of halogens is 2. The third kappa shape index (κ3) is 5.77. The summed E-state index contributed by atoms with van der Waals surface area (Å²) in [6.45, 7) is 7.12. The third-order valence-electron chi connectivity index (χ3n) is 3.79. The standard InChI is InChI=1S/C20H23F2N3O2/c1-12(18(26)24-15-9-10-16(21)17(22)11-15)23-13-5-7-14(8-6-13)25-19(27)20(2,3)4/h5-12,23H,1-4H3,(H,24,26)(H,25,27). The lowest BCUT2D eigenvalue weighted by Gasteiger charge is -2.18. The number of carbonyl (C=O) groups is 2. The molecule has 2 rings (SSSR count). The summed E-state index contributed by atoms with van der Waals surface area (Å²) in [6, 6.07) is 9.47. The maximum atomic E-state index is 13.2. The van der Waals surface area contributed by atoms with Gasteiger partial charge in [0.1, 0.15) is 6.04 Å². The lowest BCUT2D eigenvalue weighted by Crippen LogP contribution is -2.32. The number of benzene rings is 2. The average molecular weight is 375 g/mol. The van der Waals surface area contributed by atoms with Crippen LogP contribution >= 0.6 is 0 Å². The van der Waals surface area contributed by atoms with Crippen molar-refractivity contribution < 1.29 is 18.4 Å². The Labute approximate surface area is 157 Å². The molecule has 2 aromatic rings. The van der Waals surface area contributed by atoms with E-state index in [4.69, 9.17) is 0 Å². The van der Waals surface area contributed by atoms with Crippen LogP contribution in [0.2, 0.25) is 0 Å². The minimum absolute atomic E-state index is 0.0949. The van der Waals surface area contributed by atoms with E-state index in [0.717, 1.165) is 12.1 Å². The predicted molar refractivity (Wildman–Crippen MR) is 103 cm³/mol. The number of rotatable bonds is 5. The van der Waals surface area contributed by atoms with Gasteiger partial charge in [-0.25, -0.2) is 8.78 Å². The van der Waals surface area contributed by atoms with E-state index >= 15 is 0 Å². The quantitative estimate of drug-likeness (QED) is 0.726. The van der Waals surface area contributed by atoms with Gasteiger partial charge in [-0.1, -0.05) is 20.8 Å². The van der Waals surface area contributed by atoms with Gasteiger partial charge in [-0.2, -0.15) is 0 Å². The van der Waals surface area contributed by atoms with E-state index in [2.05, 4.69) is 16.0 Å². The Kier molecular flexibility index (Phi) is 6.15. The second kappa shape index (κ2) is 8.16. The first-order valence-corrected chi connectivity index (χ1v) is 8.50. The smallest absolute Gasteiger partial charge is 0.246 e. The molecule has 2 aromatic carbocycles. The monoisotopic (exact) mass is 375 g/mol. The second-order valence-electron chi connectivity index (χ2n) is 7.27. The lowest BCUT2D eigenvalue weighted by molar-refractivity contribution is -0.123. The number of hydrogen-bond acceptors (Lipinski definition) is 3. The summed E-state index contributed by atoms with van der Waals surface area (Å²) in [5.74, 6) is -2.49. The summed E-state index contributed by atoms with van der Waals surface area (Å²) in [5, 5.41) is 8.34. The van der Waals surface area contributed by atoms with Crippen molar-refractivity contribution in [3.05, 3.63) is 54.1 Å². The highest BCUT2D eigenvalue weighted by atomic mass is 19.2. The van der Waals surface area contributed by atoms with E-state index in [-0.39, 0.29) is 11.6 Å². The Morgan fingerprint density at radius 1 is 0.852 bits per heavy atom. The van der Waals surface area contributed by atoms with Crippen molar-refractivity contribution in [2.75, 3.05) is 16.0 Å². The molecule has 1 atom stereocenters. The van der Waals surface area contributed by atoms with Gasteiger partial charge in [-0.3, -0.25) is 9.59 Å². The number of hydrogen-bond donors (Lipinski definition) is 3. The maximum Gasteiger partial charge on any atom is 0.246 e. The van der Waals surface area contributed by atoms with E-state index in [9.17, 15) is 18.4 Å². The van der Waals surface area contributed by atoms with Gasteiger partial charge in [-0.15, -0.1) is 0 Å². The molecule has 0 aliphatic rings. The molecule has 0 spiro atoms. The Balaban J connectivity index is 1.94. The van der Waals surface area contributed by atoms with Crippen LogP contribution in [0, 0.1) is 17.0 Å². The summed E-state index contributed by atoms with van der Waals surface area (Å²) in [7, 11) is 0. The zero-order valence-corrected chi connectivity index (χ0v) is 15.7. The Morgan fingerprint density at radius 2 is 1.41 bits per heavy atom. The molecule has 0 aliphatic carbocycles. The van der Waals surface area contributed by atoms with Crippen molar-refractivity contribution in [1.82, 2.24) is 0 Å². The minimum atomic E-state index is -1.03. The molecule has 0 aliphatic heterocycles. The molecule has 0 heterocycles. The Hall–Kier alpha value is -2.96. The number of anilines is 3. The molecular formula is C20H23F2N3O2. The summed E-state index contributed by atoms with van der Waals surface area (Å²) < 4.78 is 26.1. The maximum absolute atomic E-state index is 13.2. The zero-order valence-electron chi connectivity index (χ0n) is 15.7. The molecule has 0 aromatic heterocycles. The van der Waals surface area contributed by atoms with Gasteiger partial charge < -0.3 is 16.0 Å². The summed E-state index contributed by atoms with van der Waals surface area (Å²) in [6.07, 6.45) is 0. The first-order chi connectivity index (χ1) is 12.6. The van der Waals surface area contributed by atoms with Crippen LogP contribution in [0.5, 0.6) is 0 Å². The molecule has 0 bridgehead atoms. The van der Waals surface area contributed by atoms with Crippen LogP contribution in [0.25, 0.3) is 0 Å². The van der Waals surface area contributed by atoms with Crippen LogP contribution in [0.15, 0.2) is 42.5 Å². The topological polar surface area (TPSA) is 70.2 Å². The van der Waals surface area contributed by atoms with Gasteiger partial charge >= 0.3 is 0 Å². The molecule has 7 heteroatoms. The lowest BCUT2D eigenvalue weighted by atomic mass is 9.95. The molecule has 0 saturated heterocycles. The van der Waals surface area contributed by atoms with Crippen LogP contribution in [0.1, 0.15) is 27.7 Å². The molecule has 1 unspecified atom stereocenters. The minimum Gasteiger partial charge on any atom is -0.374 e. The highest BCUT2D eigenvalue weighted by Gasteiger charge is 2.21. The van der Waals surface area contributed by atoms with Crippen LogP contribution < -0.4 is 16.0 Å². The second-order valence-corrected chi connectivity index (χ2v) is 7.27. The van der Waals surface area contributed by atoms with Gasteiger partial charge in [0.25, 0.3) is 0 Å². The van der Waals surface area contributed by atoms with E-state index in [1.165, 1.54) is 6.07 Å². The largest absolute Gasteiger partial charge is 0.374 e. The summed E-state index contributed by atoms with van der Waals surface area (Å²) in [5.41, 5.74) is 1.01. The van der Waals surface area contributed by atoms with Crippen LogP contribution in [-0.4, -0.2) is 17.9 Å². The van der Waals surface area contributed by atoms with Crippen molar-refractivity contribution in [3.63, 3.8) is 0 Å². The third-order valence-corrected chi connectivity index (χ3v) is 3.79. The molecule has 0 saturated carbocycles. The fourth-order valence-corrected chi connectivity index (χ4v) is 2.11. The fourth-order valence-electron chi connectivity index (χ4n) is 2.11. The average Bonchev–Trinajstić information content (AvgIpc) is 2.59. The van der Waals surface area contributed by atoms with Gasteiger partial charge in [0.15, 0.2) is 11.6 Å². The van der Waals surface area contributed by atoms with Crippen molar-refractivity contribution in [3.8, 4) is 0 Å². The number of carbonyl (C=O) groups excluding carboxylic acids is 2. The van der Waals surface area contributed by atoms with Crippen molar-refractivity contribution in [2.45, 2.75) is 33.7 Å². The molecular weight excluding hydrogens is 352 g/mol. The van der Waals surface area contributed by atoms with Crippen molar-refractivity contribution in [2.24, 2.45) is 5.41 Å². The normalized spacial score (nSPS) is 12.2. The molecule has 0 fully saturated rings. The van der Waals surface area contributed by atoms with Gasteiger partial charge in [0, 0.05) is 28.5 Å². The van der Waals surface area contributed by atoms with E-state index in [0.29, 0.717) is 11.4 Å². The summed E-state index contributed by atoms with van der Waals surface area (Å²) >= 11 is 0. The molecule has 0 radical (unpaired) electrons. The molecule has 2 amide bonds. The van der Waals surface area contributed by atoms with E-state index in [1.54, 1.807) is 31.2 Å². The van der Waals surface area contributed by atoms with Crippen LogP contribution in [-0.2, 0) is 9.59 Å². The molecule has 27 heavy (non-hydrogen) atoms. The molecule has 5 nitrogen and oxygen atoms in total. The van der Waals surface area contributed by atoms with Gasteiger partial charge in [0.2, 0.25) is 11.8 Å². The molecule has 144 valence electrons. The molecule has 3 N–H and O–H groups in total. The van der Waals surface area contributed by atoms with Crippen molar-refractivity contribution >= 4 is 28.9 Å². The zero-order chi connectivity index (χ0) is 20.2. The van der Waals surface area contributed by atoms with Gasteiger partial charge in [-0.05, 0) is 43.3 Å². The Morgan fingerprint density at radius 3 is 1.96 bits per heavy atom. The predicted octanol–water partition coefficient (Wildman–Crippen LogP) is 4.39. The number of amides is 2. The van der Waals surface area contributed by atoms with Crippen molar-refractivity contribution in [1.29, 1.82) is 0 Å². The van der Waals surface area contributed by atoms with E-state index < -0.39 is 29.0 Å². The highest BCUT2D eigenvalue weighted by Crippen LogP contribution is 2.20. The number of nitrogens with one attached hydrogen (secondary N) is 3. The van der Waals surface area contributed by atoms with E-state index in [1.807, 2.05) is 20.8 Å². The first-order valence-electron chi connectivity index (χ1n) is 8.50. The fraction of sp³-hybridized carbons (Fsp3) is 0.300. The first kappa shape index (κ1) is 20.4. The van der Waals surface area contributed by atoms with Gasteiger partial charge in [0.05, 0.1) is 0 Å². The SMILES string of the molecule is CC(Nc1ccc(NC(=O)C(C)(C)C)cc1)C(=O)Nc1ccc(F)c(F)c1. The Bertz CT molecular complexity index is 830. The van der Waals surface area contributed by atoms with Crippen LogP contribution in [0.4, 0.5) is 25.8 Å². The summed E-state index contributed by atoms with van der Waals surface area (Å²) in [4.78, 5) is 24.2. The van der Waals surface area contributed by atoms with Crippen LogP contribution in [0.3, 0.4) is 0 Å². The highest BCUT2D eigenvalue weighted by molar-refractivity contribution is 5.96.